The van der Waals surface area contributed by atoms with E-state index in [0.29, 0.717) is 12.1 Å². The Morgan fingerprint density at radius 1 is 0.650 bits per heavy atom. The molecule has 230 valence electrons. The number of ether oxygens (including phenoxy) is 3. The van der Waals surface area contributed by atoms with Gasteiger partial charge in [-0.2, -0.15) is 70.2 Å². The van der Waals surface area contributed by atoms with Gasteiger partial charge >= 0.3 is 47.2 Å². The second-order valence-electron chi connectivity index (χ2n) is 6.80. The standard InChI is InChI=1S/C16H3BrCl2F16O5/c17-11(23,16(34,35)38-6-3-4(7(18)36)1-2-5(6)8(19)37)40-15(32,33)10(22,13(27,28)29)39-14(30,31)9(20,21)12(24,25)26/h1-3H. The second kappa shape index (κ2) is 10.8. The van der Waals surface area contributed by atoms with E-state index < -0.39 is 74.6 Å². The van der Waals surface area contributed by atoms with Crippen molar-refractivity contribution in [1.82, 2.24) is 0 Å². The van der Waals surface area contributed by atoms with Crippen LogP contribution in [0, 0.1) is 0 Å². The molecule has 2 unspecified atom stereocenters. The molecule has 40 heavy (non-hydrogen) atoms. The van der Waals surface area contributed by atoms with Crippen LogP contribution in [0.1, 0.15) is 20.7 Å². The molecular formula is C16H3BrCl2F16O5. The van der Waals surface area contributed by atoms with Crippen molar-refractivity contribution in [3.63, 3.8) is 0 Å². The highest BCUT2D eigenvalue weighted by atomic mass is 79.9. The Kier molecular flexibility index (Phi) is 9.79. The Hall–Kier alpha value is -1.78. The van der Waals surface area contributed by atoms with E-state index in [4.69, 9.17) is 23.2 Å². The van der Waals surface area contributed by atoms with E-state index in [1.807, 2.05) is 0 Å². The molecule has 0 aliphatic carbocycles. The first-order valence-corrected chi connectivity index (χ1v) is 10.3. The molecular weight excluding hydrogens is 727 g/mol. The van der Waals surface area contributed by atoms with Crippen molar-refractivity contribution in [2.45, 2.75) is 47.2 Å². The number of carbonyl (C=O) groups is 2. The molecule has 0 N–H and O–H groups in total. The molecule has 0 fully saturated rings. The topological polar surface area (TPSA) is 61.8 Å². The van der Waals surface area contributed by atoms with Gasteiger partial charge in [-0.15, -0.1) is 0 Å². The minimum atomic E-state index is -7.93. The summed E-state index contributed by atoms with van der Waals surface area (Å²) in [5.74, 6) is -17.5. The monoisotopic (exact) mass is 728 g/mol. The first-order chi connectivity index (χ1) is 17.4. The maximum Gasteiger partial charge on any atom is 0.471 e. The van der Waals surface area contributed by atoms with Crippen LogP contribution in [0.15, 0.2) is 18.2 Å². The summed E-state index contributed by atoms with van der Waals surface area (Å²) in [6, 6.07) is 0.998. The SMILES string of the molecule is O=C(Cl)c1ccc(C(=O)Cl)c(OC(F)(F)C(F)(Br)OC(F)(F)C(F)(OC(F)(F)C(F)(F)C(F)(F)F)C(F)(F)F)c1. The van der Waals surface area contributed by atoms with Crippen LogP contribution >= 0.6 is 39.1 Å². The van der Waals surface area contributed by atoms with Gasteiger partial charge in [0.05, 0.1) is 5.56 Å². The van der Waals surface area contributed by atoms with Crippen molar-refractivity contribution in [3.8, 4) is 5.75 Å². The van der Waals surface area contributed by atoms with Crippen molar-refractivity contribution in [2.75, 3.05) is 0 Å². The number of hydrogen-bond acceptors (Lipinski definition) is 5. The molecule has 1 aromatic carbocycles. The van der Waals surface area contributed by atoms with Crippen LogP contribution < -0.4 is 4.74 Å². The zero-order valence-corrected chi connectivity index (χ0v) is 20.6. The third-order valence-electron chi connectivity index (χ3n) is 3.98. The van der Waals surface area contributed by atoms with Crippen LogP contribution in [0.4, 0.5) is 70.2 Å². The lowest BCUT2D eigenvalue weighted by Crippen LogP contribution is -2.67. The van der Waals surface area contributed by atoms with Crippen LogP contribution in [0.2, 0.25) is 0 Å². The maximum absolute atomic E-state index is 14.4. The normalized spacial score (nSPS) is 17.2. The van der Waals surface area contributed by atoms with Crippen molar-refractivity contribution >= 4 is 49.6 Å². The lowest BCUT2D eigenvalue weighted by Gasteiger charge is -2.40. The van der Waals surface area contributed by atoms with Gasteiger partial charge in [0.25, 0.3) is 10.5 Å². The first-order valence-electron chi connectivity index (χ1n) is 8.71. The molecule has 2 atom stereocenters. The molecule has 0 aliphatic heterocycles. The van der Waals surface area contributed by atoms with Gasteiger partial charge in [0.1, 0.15) is 5.75 Å². The third-order valence-corrected chi connectivity index (χ3v) is 5.03. The Labute approximate surface area is 226 Å². The fourth-order valence-electron chi connectivity index (χ4n) is 2.06. The number of benzene rings is 1. The average Bonchev–Trinajstić information content (AvgIpc) is 2.69. The lowest BCUT2D eigenvalue weighted by molar-refractivity contribution is -0.545. The van der Waals surface area contributed by atoms with Crippen LogP contribution in [-0.2, 0) is 9.47 Å². The predicted octanol–water partition coefficient (Wildman–Crippen LogP) is 8.08. The molecule has 0 amide bonds. The van der Waals surface area contributed by atoms with Crippen LogP contribution in [0.25, 0.3) is 0 Å². The Bertz CT molecular complexity index is 1140. The average molecular weight is 730 g/mol. The summed E-state index contributed by atoms with van der Waals surface area (Å²) in [7, 11) is 0. The van der Waals surface area contributed by atoms with E-state index in [0.717, 1.165) is 15.9 Å². The number of rotatable bonds is 11. The molecule has 0 saturated heterocycles. The number of halogens is 19. The number of carbonyl (C=O) groups excluding carboxylic acids is 2. The van der Waals surface area contributed by atoms with E-state index in [1.54, 1.807) is 0 Å². The van der Waals surface area contributed by atoms with Gasteiger partial charge in [-0.1, -0.05) is 0 Å². The zero-order valence-electron chi connectivity index (χ0n) is 17.5. The second-order valence-corrected chi connectivity index (χ2v) is 8.50. The molecule has 0 radical (unpaired) electrons. The quantitative estimate of drug-likeness (QED) is 0.131. The minimum absolute atomic E-state index is 0.0398. The summed E-state index contributed by atoms with van der Waals surface area (Å²) in [6.45, 7) is 0. The maximum atomic E-state index is 14.4. The van der Waals surface area contributed by atoms with Crippen LogP contribution in [-0.4, -0.2) is 57.7 Å². The minimum Gasteiger partial charge on any atom is -0.427 e. The Balaban J connectivity index is 3.60. The molecule has 0 aliphatic rings. The van der Waals surface area contributed by atoms with Gasteiger partial charge in [-0.3, -0.25) is 19.1 Å². The van der Waals surface area contributed by atoms with Crippen molar-refractivity contribution < 1.29 is 94.0 Å². The van der Waals surface area contributed by atoms with Crippen molar-refractivity contribution in [2.24, 2.45) is 0 Å². The van der Waals surface area contributed by atoms with Crippen molar-refractivity contribution in [3.05, 3.63) is 29.3 Å². The third kappa shape index (κ3) is 6.81. The summed E-state index contributed by atoms with van der Waals surface area (Å²) in [4.78, 5) is 22.4. The van der Waals surface area contributed by atoms with E-state index in [-0.39, 0.29) is 6.07 Å². The van der Waals surface area contributed by atoms with Gasteiger partial charge in [-0.05, 0) is 57.3 Å². The first kappa shape index (κ1) is 36.2. The molecule has 0 aromatic heterocycles. The molecule has 5 nitrogen and oxygen atoms in total. The largest absolute Gasteiger partial charge is 0.471 e. The lowest BCUT2D eigenvalue weighted by atomic mass is 10.1. The van der Waals surface area contributed by atoms with Crippen molar-refractivity contribution in [1.29, 1.82) is 0 Å². The molecule has 0 spiro atoms. The van der Waals surface area contributed by atoms with E-state index in [9.17, 15) is 79.8 Å². The molecule has 1 rings (SSSR count). The summed E-state index contributed by atoms with van der Waals surface area (Å²) >= 11 is 10.9. The van der Waals surface area contributed by atoms with Gasteiger partial charge < -0.3 is 4.74 Å². The number of alkyl halides is 17. The highest BCUT2D eigenvalue weighted by Gasteiger charge is 2.85. The van der Waals surface area contributed by atoms with Gasteiger partial charge in [0.15, 0.2) is 0 Å². The zero-order chi connectivity index (χ0) is 32.1. The fraction of sp³-hybridized carbons (Fsp3) is 0.500. The van der Waals surface area contributed by atoms with E-state index in [1.165, 1.54) is 4.74 Å². The van der Waals surface area contributed by atoms with Crippen LogP contribution in [0.3, 0.4) is 0 Å². The molecule has 0 heterocycles. The highest BCUT2D eigenvalue weighted by molar-refractivity contribution is 9.10. The molecule has 1 aromatic rings. The molecule has 0 saturated carbocycles. The molecule has 24 heteroatoms. The summed E-state index contributed by atoms with van der Waals surface area (Å²) in [6.07, 6.45) is -37.3. The predicted molar refractivity (Wildman–Crippen MR) is 98.1 cm³/mol. The summed E-state index contributed by atoms with van der Waals surface area (Å²) < 4.78 is 214. The Morgan fingerprint density at radius 2 is 1.12 bits per heavy atom. The van der Waals surface area contributed by atoms with Crippen LogP contribution in [0.5, 0.6) is 5.75 Å². The highest BCUT2D eigenvalue weighted by Crippen LogP contribution is 2.57. The van der Waals surface area contributed by atoms with Gasteiger partial charge in [0, 0.05) is 5.56 Å². The Morgan fingerprint density at radius 3 is 1.50 bits per heavy atom. The summed E-state index contributed by atoms with van der Waals surface area (Å²) in [5.41, 5.74) is -2.13. The smallest absolute Gasteiger partial charge is 0.427 e. The summed E-state index contributed by atoms with van der Waals surface area (Å²) in [5, 5.41) is -3.29. The van der Waals surface area contributed by atoms with Gasteiger partial charge in [0.2, 0.25) is 0 Å². The fourth-order valence-corrected chi connectivity index (χ4v) is 2.62. The molecule has 0 bridgehead atoms. The van der Waals surface area contributed by atoms with Gasteiger partial charge in [-0.25, -0.2) is 0 Å². The number of hydrogen-bond donors (Lipinski definition) is 0. The van der Waals surface area contributed by atoms with E-state index >= 15 is 0 Å². The van der Waals surface area contributed by atoms with E-state index in [2.05, 4.69) is 9.47 Å².